The highest BCUT2D eigenvalue weighted by atomic mass is 16.2. The molecule has 0 saturated carbocycles. The average molecular weight is 334 g/mol. The predicted molar refractivity (Wildman–Crippen MR) is 96.4 cm³/mol. The highest BCUT2D eigenvalue weighted by Crippen LogP contribution is 2.38. The van der Waals surface area contributed by atoms with Crippen LogP contribution in [0.5, 0.6) is 0 Å². The molecule has 0 unspecified atom stereocenters. The van der Waals surface area contributed by atoms with Gasteiger partial charge in [-0.15, -0.1) is 0 Å². The normalized spacial score (nSPS) is 19.7. The maximum absolute atomic E-state index is 13.3. The number of hydrogen-bond acceptors (Lipinski definition) is 2. The van der Waals surface area contributed by atoms with Crippen molar-refractivity contribution in [3.63, 3.8) is 0 Å². The molecular formula is C20H22N4O. The molecule has 128 valence electrons. The topological polar surface area (TPSA) is 64.8 Å². The Morgan fingerprint density at radius 1 is 1.32 bits per heavy atom. The van der Waals surface area contributed by atoms with Crippen LogP contribution >= 0.6 is 0 Å². The second-order valence-electron chi connectivity index (χ2n) is 7.35. The van der Waals surface area contributed by atoms with Gasteiger partial charge in [0, 0.05) is 29.6 Å². The van der Waals surface area contributed by atoms with Crippen LogP contribution in [0, 0.1) is 6.92 Å². The summed E-state index contributed by atoms with van der Waals surface area (Å²) in [5, 5.41) is 1.29. The van der Waals surface area contributed by atoms with Gasteiger partial charge < -0.3 is 14.9 Å². The lowest BCUT2D eigenvalue weighted by Crippen LogP contribution is -2.40. The van der Waals surface area contributed by atoms with E-state index in [4.69, 9.17) is 0 Å². The van der Waals surface area contributed by atoms with Crippen LogP contribution in [0.3, 0.4) is 0 Å². The summed E-state index contributed by atoms with van der Waals surface area (Å²) in [6, 6.07) is 6.52. The third-order valence-corrected chi connectivity index (χ3v) is 5.75. The number of hydrogen-bond donors (Lipinski definition) is 2. The number of imidazole rings is 1. The second-order valence-corrected chi connectivity index (χ2v) is 7.35. The number of aromatic nitrogens is 3. The molecule has 0 fully saturated rings. The van der Waals surface area contributed by atoms with Gasteiger partial charge in [0.1, 0.15) is 0 Å². The second kappa shape index (κ2) is 5.48. The minimum Gasteiger partial charge on any atom is -0.357 e. The number of benzene rings is 1. The van der Waals surface area contributed by atoms with E-state index in [-0.39, 0.29) is 11.8 Å². The van der Waals surface area contributed by atoms with Gasteiger partial charge in [-0.25, -0.2) is 4.98 Å². The summed E-state index contributed by atoms with van der Waals surface area (Å²) in [6.07, 6.45) is 5.65. The van der Waals surface area contributed by atoms with Crippen LogP contribution in [-0.2, 0) is 24.2 Å². The number of rotatable bonds is 1. The van der Waals surface area contributed by atoms with Crippen molar-refractivity contribution in [3.8, 4) is 0 Å². The van der Waals surface area contributed by atoms with E-state index < -0.39 is 0 Å². The first-order valence-corrected chi connectivity index (χ1v) is 9.11. The van der Waals surface area contributed by atoms with E-state index in [0.29, 0.717) is 6.54 Å². The molecule has 5 nitrogen and oxygen atoms in total. The molecule has 5 rings (SSSR count). The lowest BCUT2D eigenvalue weighted by Gasteiger charge is -2.31. The van der Waals surface area contributed by atoms with Gasteiger partial charge in [0.15, 0.2) is 0 Å². The van der Waals surface area contributed by atoms with Crippen molar-refractivity contribution in [2.45, 2.75) is 45.1 Å². The fourth-order valence-corrected chi connectivity index (χ4v) is 4.44. The predicted octanol–water partition coefficient (Wildman–Crippen LogP) is 3.20. The molecule has 1 aromatic carbocycles. The number of fused-ring (bicyclic) bond motifs is 4. The Hall–Kier alpha value is -2.56. The van der Waals surface area contributed by atoms with Crippen molar-refractivity contribution in [2.75, 3.05) is 6.54 Å². The number of aromatic amines is 2. The molecule has 1 aliphatic carbocycles. The minimum atomic E-state index is -0.0408. The summed E-state index contributed by atoms with van der Waals surface area (Å²) in [5.74, 6) is 0.213. The number of H-pyrrole nitrogens is 2. The van der Waals surface area contributed by atoms with Gasteiger partial charge in [-0.3, -0.25) is 4.79 Å². The van der Waals surface area contributed by atoms with E-state index >= 15 is 0 Å². The third-order valence-electron chi connectivity index (χ3n) is 5.75. The molecule has 3 aromatic rings. The maximum Gasteiger partial charge on any atom is 0.232 e. The summed E-state index contributed by atoms with van der Waals surface area (Å²) >= 11 is 0. The van der Waals surface area contributed by atoms with Crippen LogP contribution in [0.15, 0.2) is 24.5 Å². The number of nitrogens with one attached hydrogen (secondary N) is 2. The smallest absolute Gasteiger partial charge is 0.232 e. The van der Waals surface area contributed by atoms with Crippen molar-refractivity contribution >= 4 is 16.8 Å². The molecule has 2 aromatic heterocycles. The number of amides is 1. The van der Waals surface area contributed by atoms with Gasteiger partial charge in [-0.2, -0.15) is 0 Å². The van der Waals surface area contributed by atoms with Crippen molar-refractivity contribution in [2.24, 2.45) is 0 Å². The Morgan fingerprint density at radius 2 is 2.24 bits per heavy atom. The number of aryl methyl sites for hydroxylation is 2. The van der Waals surface area contributed by atoms with Crippen LogP contribution in [0.1, 0.15) is 47.0 Å². The molecule has 0 spiro atoms. The van der Waals surface area contributed by atoms with E-state index in [1.165, 1.54) is 16.5 Å². The summed E-state index contributed by atoms with van der Waals surface area (Å²) in [6.45, 7) is 3.54. The van der Waals surface area contributed by atoms with Crippen molar-refractivity contribution < 1.29 is 4.79 Å². The molecule has 0 bridgehead atoms. The van der Waals surface area contributed by atoms with Crippen molar-refractivity contribution in [1.29, 1.82) is 0 Å². The Morgan fingerprint density at radius 3 is 3.16 bits per heavy atom. The fourth-order valence-electron chi connectivity index (χ4n) is 4.44. The van der Waals surface area contributed by atoms with Gasteiger partial charge in [0.05, 0.1) is 30.2 Å². The van der Waals surface area contributed by atoms with E-state index in [2.05, 4.69) is 40.1 Å². The molecule has 0 radical (unpaired) electrons. The first-order valence-electron chi connectivity index (χ1n) is 9.11. The average Bonchev–Trinajstić information content (AvgIpc) is 3.24. The van der Waals surface area contributed by atoms with Crippen molar-refractivity contribution in [1.82, 2.24) is 19.9 Å². The third kappa shape index (κ3) is 2.29. The van der Waals surface area contributed by atoms with Gasteiger partial charge in [-0.1, -0.05) is 11.6 Å². The first-order chi connectivity index (χ1) is 12.2. The van der Waals surface area contributed by atoms with Gasteiger partial charge in [0.2, 0.25) is 5.91 Å². The summed E-state index contributed by atoms with van der Waals surface area (Å²) in [4.78, 5) is 26.3. The molecule has 3 heterocycles. The lowest BCUT2D eigenvalue weighted by molar-refractivity contribution is -0.134. The maximum atomic E-state index is 13.3. The molecule has 1 aliphatic heterocycles. The molecule has 2 N–H and O–H groups in total. The zero-order valence-corrected chi connectivity index (χ0v) is 14.4. The monoisotopic (exact) mass is 334 g/mol. The molecule has 2 aliphatic rings. The number of carbonyl (C=O) groups is 1. The number of carbonyl (C=O) groups excluding carboxylic acids is 1. The highest BCUT2D eigenvalue weighted by molar-refractivity contribution is 5.91. The molecular weight excluding hydrogens is 312 g/mol. The minimum absolute atomic E-state index is 0.0408. The Balaban J connectivity index is 1.50. The lowest BCUT2D eigenvalue weighted by atomic mass is 9.85. The van der Waals surface area contributed by atoms with Gasteiger partial charge in [0.25, 0.3) is 0 Å². The largest absolute Gasteiger partial charge is 0.357 e. The van der Waals surface area contributed by atoms with E-state index in [0.717, 1.165) is 54.8 Å². The first kappa shape index (κ1) is 14.8. The van der Waals surface area contributed by atoms with Crippen LogP contribution in [-0.4, -0.2) is 32.3 Å². The van der Waals surface area contributed by atoms with Crippen molar-refractivity contribution in [3.05, 3.63) is 52.7 Å². The standard InChI is InChI=1S/C20H22N4O/c1-12-5-6-16-15(9-12)13-3-2-4-14(19(13)23-16)20(25)24-8-7-17-18(10-24)22-11-21-17/h5-6,9,11,14,23H,2-4,7-8,10H2,1H3,(H,21,22)/t14-/m1/s1. The van der Waals surface area contributed by atoms with Crippen LogP contribution in [0.4, 0.5) is 0 Å². The summed E-state index contributed by atoms with van der Waals surface area (Å²) in [5.41, 5.74) is 7.11. The Kier molecular flexibility index (Phi) is 3.23. The van der Waals surface area contributed by atoms with Gasteiger partial charge >= 0.3 is 0 Å². The zero-order valence-electron chi connectivity index (χ0n) is 14.4. The zero-order chi connectivity index (χ0) is 17.0. The highest BCUT2D eigenvalue weighted by Gasteiger charge is 2.34. The Labute approximate surface area is 146 Å². The van der Waals surface area contributed by atoms with E-state index in [1.54, 1.807) is 6.33 Å². The molecule has 1 atom stereocenters. The summed E-state index contributed by atoms with van der Waals surface area (Å²) in [7, 11) is 0. The molecule has 5 heteroatoms. The van der Waals surface area contributed by atoms with Crippen LogP contribution in [0.25, 0.3) is 10.9 Å². The van der Waals surface area contributed by atoms with E-state index in [1.807, 2.05) is 4.90 Å². The number of nitrogens with zero attached hydrogens (tertiary/aromatic N) is 2. The van der Waals surface area contributed by atoms with Gasteiger partial charge in [-0.05, 0) is 43.9 Å². The van der Waals surface area contributed by atoms with Crippen LogP contribution < -0.4 is 0 Å². The Bertz CT molecular complexity index is 967. The molecule has 1 amide bonds. The quantitative estimate of drug-likeness (QED) is 0.718. The van der Waals surface area contributed by atoms with Crippen LogP contribution in [0.2, 0.25) is 0 Å². The molecule has 0 saturated heterocycles. The summed E-state index contributed by atoms with van der Waals surface area (Å²) < 4.78 is 0. The SMILES string of the molecule is Cc1ccc2[nH]c3c(c2c1)CCC[C@H]3C(=O)N1CCc2nc[nH]c2C1. The van der Waals surface area contributed by atoms with E-state index in [9.17, 15) is 4.79 Å². The molecule has 25 heavy (non-hydrogen) atoms. The fraction of sp³-hybridized carbons (Fsp3) is 0.400.